The Labute approximate surface area is 133 Å². The van der Waals surface area contributed by atoms with E-state index in [-0.39, 0.29) is 19.6 Å². The van der Waals surface area contributed by atoms with Crippen LogP contribution in [-0.4, -0.2) is 35.8 Å². The maximum absolute atomic E-state index is 12.3. The smallest absolute Gasteiger partial charge is 0.326 e. The number of hydrogen-bond acceptors (Lipinski definition) is 4. The van der Waals surface area contributed by atoms with Gasteiger partial charge in [0.1, 0.15) is 6.54 Å². The van der Waals surface area contributed by atoms with E-state index in [1.807, 2.05) is 13.0 Å². The van der Waals surface area contributed by atoms with E-state index in [0.717, 1.165) is 16.0 Å². The number of esters is 1. The molecule has 116 valence electrons. The van der Waals surface area contributed by atoms with Gasteiger partial charge in [-0.15, -0.1) is 0 Å². The van der Waals surface area contributed by atoms with E-state index in [1.54, 1.807) is 25.1 Å². The lowest BCUT2D eigenvalue weighted by Crippen LogP contribution is -2.35. The number of hydrogen-bond donors (Lipinski definition) is 0. The third kappa shape index (κ3) is 3.54. The van der Waals surface area contributed by atoms with Crippen LogP contribution >= 0.6 is 11.6 Å². The van der Waals surface area contributed by atoms with Gasteiger partial charge in [0.05, 0.1) is 13.0 Å². The molecule has 1 aromatic carbocycles. The number of carbonyl (C=O) groups excluding carboxylic acids is 3. The van der Waals surface area contributed by atoms with E-state index in [9.17, 15) is 14.4 Å². The van der Waals surface area contributed by atoms with Crippen molar-refractivity contribution in [2.75, 3.05) is 13.2 Å². The molecule has 1 aliphatic heterocycles. The third-order valence-electron chi connectivity index (χ3n) is 3.33. The summed E-state index contributed by atoms with van der Waals surface area (Å²) in [4.78, 5) is 36.5. The summed E-state index contributed by atoms with van der Waals surface area (Å²) in [5.41, 5.74) is 2.07. The zero-order chi connectivity index (χ0) is 16.3. The van der Waals surface area contributed by atoms with E-state index in [4.69, 9.17) is 16.3 Å². The Bertz CT molecular complexity index is 666. The Kier molecular flexibility index (Phi) is 4.98. The minimum atomic E-state index is -0.593. The summed E-state index contributed by atoms with van der Waals surface area (Å²) >= 11 is 5.95. The fraction of sp³-hybridized carbons (Fsp3) is 0.312. The van der Waals surface area contributed by atoms with Crippen LogP contribution in [0.15, 0.2) is 23.8 Å². The minimum absolute atomic E-state index is 0.0236. The maximum Gasteiger partial charge on any atom is 0.326 e. The molecule has 0 atom stereocenters. The lowest BCUT2D eigenvalue weighted by Gasteiger charge is -2.11. The standard InChI is InChI=1S/C16H16ClNO4/c1-3-22-15(20)9-18-14(19)8-12(16(18)21)6-11-7-13(17)5-4-10(11)2/h4-7H,3,8-9H2,1-2H3/b12-6+. The lowest BCUT2D eigenvalue weighted by atomic mass is 10.0. The van der Waals surface area contributed by atoms with Gasteiger partial charge in [0.15, 0.2) is 0 Å². The molecule has 2 amide bonds. The number of ether oxygens (including phenoxy) is 1. The molecule has 0 unspecified atom stereocenters. The number of rotatable bonds is 4. The molecular formula is C16H16ClNO4. The number of benzene rings is 1. The van der Waals surface area contributed by atoms with Crippen molar-refractivity contribution >= 4 is 35.5 Å². The van der Waals surface area contributed by atoms with Crippen LogP contribution in [0, 0.1) is 6.92 Å². The Hall–Kier alpha value is -2.14. The zero-order valence-corrected chi connectivity index (χ0v) is 13.1. The van der Waals surface area contributed by atoms with Crippen LogP contribution in [0.5, 0.6) is 0 Å². The van der Waals surface area contributed by atoms with Crippen molar-refractivity contribution in [2.24, 2.45) is 0 Å². The molecule has 1 aliphatic rings. The summed E-state index contributed by atoms with van der Waals surface area (Å²) in [6.07, 6.45) is 1.62. The first-order valence-electron chi connectivity index (χ1n) is 6.89. The van der Waals surface area contributed by atoms with Gasteiger partial charge in [-0.3, -0.25) is 19.3 Å². The molecule has 5 nitrogen and oxygen atoms in total. The van der Waals surface area contributed by atoms with Crippen LogP contribution in [0.1, 0.15) is 24.5 Å². The average Bonchev–Trinajstić information content (AvgIpc) is 2.71. The van der Waals surface area contributed by atoms with E-state index in [0.29, 0.717) is 10.6 Å². The number of likely N-dealkylation sites (tertiary alicyclic amines) is 1. The molecule has 2 rings (SSSR count). The fourth-order valence-electron chi connectivity index (χ4n) is 2.18. The Morgan fingerprint density at radius 1 is 1.41 bits per heavy atom. The van der Waals surface area contributed by atoms with Crippen molar-refractivity contribution in [1.29, 1.82) is 0 Å². The predicted molar refractivity (Wildman–Crippen MR) is 82.1 cm³/mol. The van der Waals surface area contributed by atoms with E-state index in [2.05, 4.69) is 0 Å². The van der Waals surface area contributed by atoms with Gasteiger partial charge in [-0.25, -0.2) is 0 Å². The van der Waals surface area contributed by atoms with Crippen LogP contribution in [0.4, 0.5) is 0 Å². The Balaban J connectivity index is 2.22. The van der Waals surface area contributed by atoms with Gasteiger partial charge in [-0.2, -0.15) is 0 Å². The van der Waals surface area contributed by atoms with Crippen molar-refractivity contribution in [1.82, 2.24) is 4.90 Å². The van der Waals surface area contributed by atoms with Gasteiger partial charge in [-0.1, -0.05) is 17.7 Å². The number of aryl methyl sites for hydroxylation is 1. The molecule has 0 radical (unpaired) electrons. The van der Waals surface area contributed by atoms with Gasteiger partial charge < -0.3 is 4.74 Å². The van der Waals surface area contributed by atoms with Gasteiger partial charge in [0.25, 0.3) is 5.91 Å². The molecule has 1 aromatic rings. The molecule has 0 aromatic heterocycles. The van der Waals surface area contributed by atoms with Gasteiger partial charge >= 0.3 is 5.97 Å². The molecule has 1 heterocycles. The van der Waals surface area contributed by atoms with E-state index < -0.39 is 17.8 Å². The summed E-state index contributed by atoms with van der Waals surface area (Å²) in [7, 11) is 0. The second-order valence-corrected chi connectivity index (χ2v) is 5.37. The van der Waals surface area contributed by atoms with Gasteiger partial charge in [0, 0.05) is 10.6 Å². The topological polar surface area (TPSA) is 63.7 Å². The number of imide groups is 1. The van der Waals surface area contributed by atoms with E-state index >= 15 is 0 Å². The van der Waals surface area contributed by atoms with Gasteiger partial charge in [-0.05, 0) is 43.2 Å². The number of carbonyl (C=O) groups is 3. The maximum atomic E-state index is 12.3. The summed E-state index contributed by atoms with van der Waals surface area (Å²) in [6.45, 7) is 3.41. The molecule has 6 heteroatoms. The second-order valence-electron chi connectivity index (χ2n) is 4.94. The largest absolute Gasteiger partial charge is 0.465 e. The van der Waals surface area contributed by atoms with Crippen molar-refractivity contribution < 1.29 is 19.1 Å². The van der Waals surface area contributed by atoms with Crippen LogP contribution in [0.3, 0.4) is 0 Å². The zero-order valence-electron chi connectivity index (χ0n) is 12.4. The monoisotopic (exact) mass is 321 g/mol. The van der Waals surface area contributed by atoms with Crippen LogP contribution in [0.2, 0.25) is 5.02 Å². The molecule has 0 saturated carbocycles. The summed E-state index contributed by atoms with van der Waals surface area (Å²) in [6, 6.07) is 5.33. The fourth-order valence-corrected chi connectivity index (χ4v) is 2.36. The first-order valence-corrected chi connectivity index (χ1v) is 7.27. The van der Waals surface area contributed by atoms with E-state index in [1.165, 1.54) is 0 Å². The first-order chi connectivity index (χ1) is 10.4. The molecular weight excluding hydrogens is 306 g/mol. The first kappa shape index (κ1) is 16.2. The average molecular weight is 322 g/mol. The van der Waals surface area contributed by atoms with Crippen LogP contribution in [-0.2, 0) is 19.1 Å². The number of halogens is 1. The minimum Gasteiger partial charge on any atom is -0.465 e. The van der Waals surface area contributed by atoms with Gasteiger partial charge in [0.2, 0.25) is 5.91 Å². The molecule has 0 aliphatic carbocycles. The third-order valence-corrected chi connectivity index (χ3v) is 3.56. The highest BCUT2D eigenvalue weighted by Gasteiger charge is 2.35. The van der Waals surface area contributed by atoms with Crippen molar-refractivity contribution in [3.63, 3.8) is 0 Å². The van der Waals surface area contributed by atoms with Crippen molar-refractivity contribution in [3.8, 4) is 0 Å². The van der Waals surface area contributed by atoms with Crippen molar-refractivity contribution in [3.05, 3.63) is 39.9 Å². The second kappa shape index (κ2) is 6.75. The highest BCUT2D eigenvalue weighted by atomic mass is 35.5. The normalized spacial score (nSPS) is 16.5. The molecule has 1 fully saturated rings. The highest BCUT2D eigenvalue weighted by molar-refractivity contribution is 6.30. The highest BCUT2D eigenvalue weighted by Crippen LogP contribution is 2.24. The molecule has 0 bridgehead atoms. The van der Waals surface area contributed by atoms with Crippen molar-refractivity contribution in [2.45, 2.75) is 20.3 Å². The summed E-state index contributed by atoms with van der Waals surface area (Å²) in [5.74, 6) is -1.45. The van der Waals surface area contributed by atoms with Crippen LogP contribution in [0.25, 0.3) is 6.08 Å². The SMILES string of the molecule is CCOC(=O)CN1C(=O)C/C(=C\c2cc(Cl)ccc2C)C1=O. The lowest BCUT2D eigenvalue weighted by molar-refractivity contribution is -0.151. The Morgan fingerprint density at radius 2 is 2.14 bits per heavy atom. The molecule has 1 saturated heterocycles. The van der Waals surface area contributed by atoms with Crippen LogP contribution < -0.4 is 0 Å². The quantitative estimate of drug-likeness (QED) is 0.485. The number of amides is 2. The Morgan fingerprint density at radius 3 is 2.82 bits per heavy atom. The summed E-state index contributed by atoms with van der Waals surface area (Å²) in [5, 5.41) is 0.553. The number of nitrogens with zero attached hydrogens (tertiary/aromatic N) is 1. The molecule has 0 spiro atoms. The summed E-state index contributed by atoms with van der Waals surface area (Å²) < 4.78 is 4.77. The molecule has 22 heavy (non-hydrogen) atoms. The molecule has 0 N–H and O–H groups in total. The predicted octanol–water partition coefficient (Wildman–Crippen LogP) is 2.35.